The van der Waals surface area contributed by atoms with Gasteiger partial charge in [0.15, 0.2) is 5.96 Å². The van der Waals surface area contributed by atoms with Crippen molar-refractivity contribution in [2.45, 2.75) is 40.2 Å². The van der Waals surface area contributed by atoms with Crippen LogP contribution in [-0.2, 0) is 6.42 Å². The number of hydrogen-bond donors (Lipinski definition) is 3. The van der Waals surface area contributed by atoms with Crippen LogP contribution in [0.1, 0.15) is 31.9 Å². The number of aliphatic imine (C=N–C) groups is 1. The fraction of sp³-hybridized carbons (Fsp3) is 0.471. The van der Waals surface area contributed by atoms with Crippen molar-refractivity contribution in [3.05, 3.63) is 35.5 Å². The molecular formula is C17H26N4. The number of rotatable bonds is 5. The summed E-state index contributed by atoms with van der Waals surface area (Å²) >= 11 is 0. The molecule has 1 aromatic carbocycles. The third-order valence-electron chi connectivity index (χ3n) is 3.43. The number of aromatic amines is 1. The van der Waals surface area contributed by atoms with Crippen LogP contribution in [0, 0.1) is 6.92 Å². The first kappa shape index (κ1) is 15.4. The monoisotopic (exact) mass is 286 g/mol. The van der Waals surface area contributed by atoms with Gasteiger partial charge in [0.2, 0.25) is 0 Å². The third kappa shape index (κ3) is 4.00. The minimum atomic E-state index is 0.388. The van der Waals surface area contributed by atoms with Crippen molar-refractivity contribution in [2.24, 2.45) is 4.99 Å². The third-order valence-corrected chi connectivity index (χ3v) is 3.43. The summed E-state index contributed by atoms with van der Waals surface area (Å²) in [7, 11) is 0. The fourth-order valence-corrected chi connectivity index (χ4v) is 2.45. The Morgan fingerprint density at radius 1 is 1.33 bits per heavy atom. The van der Waals surface area contributed by atoms with Crippen molar-refractivity contribution in [3.63, 3.8) is 0 Å². The fourth-order valence-electron chi connectivity index (χ4n) is 2.45. The Hall–Kier alpha value is -1.97. The highest BCUT2D eigenvalue weighted by Gasteiger charge is 2.05. The van der Waals surface area contributed by atoms with Gasteiger partial charge in [0.05, 0.1) is 0 Å². The summed E-state index contributed by atoms with van der Waals surface area (Å²) in [6.07, 6.45) is 3.05. The molecular weight excluding hydrogens is 260 g/mol. The van der Waals surface area contributed by atoms with Crippen LogP contribution in [-0.4, -0.2) is 30.1 Å². The van der Waals surface area contributed by atoms with Crippen LogP contribution in [0.3, 0.4) is 0 Å². The van der Waals surface area contributed by atoms with E-state index in [4.69, 9.17) is 0 Å². The lowest BCUT2D eigenvalue weighted by Gasteiger charge is -2.13. The maximum absolute atomic E-state index is 4.64. The molecule has 3 N–H and O–H groups in total. The molecule has 2 rings (SSSR count). The molecule has 4 heteroatoms. The van der Waals surface area contributed by atoms with Gasteiger partial charge in [-0.05, 0) is 45.2 Å². The summed E-state index contributed by atoms with van der Waals surface area (Å²) in [5, 5.41) is 7.92. The molecule has 0 atom stereocenters. The molecule has 1 aromatic heterocycles. The number of H-pyrrole nitrogens is 1. The van der Waals surface area contributed by atoms with Gasteiger partial charge in [-0.2, -0.15) is 0 Å². The molecule has 2 aromatic rings. The maximum atomic E-state index is 4.64. The van der Waals surface area contributed by atoms with Crippen LogP contribution >= 0.6 is 0 Å². The van der Waals surface area contributed by atoms with Crippen LogP contribution in [0.5, 0.6) is 0 Å². The molecule has 0 spiro atoms. The second-order valence-corrected chi connectivity index (χ2v) is 5.62. The maximum Gasteiger partial charge on any atom is 0.191 e. The molecule has 4 nitrogen and oxygen atoms in total. The zero-order chi connectivity index (χ0) is 15.2. The Labute approximate surface area is 127 Å². The molecule has 0 aliphatic carbocycles. The van der Waals surface area contributed by atoms with Crippen molar-refractivity contribution in [3.8, 4) is 0 Å². The van der Waals surface area contributed by atoms with Crippen molar-refractivity contribution in [2.75, 3.05) is 13.1 Å². The molecule has 0 amide bonds. The molecule has 0 unspecified atom stereocenters. The predicted molar refractivity (Wildman–Crippen MR) is 91.0 cm³/mol. The average molecular weight is 286 g/mol. The number of nitrogens with zero attached hydrogens (tertiary/aromatic N) is 1. The summed E-state index contributed by atoms with van der Waals surface area (Å²) in [4.78, 5) is 8.01. The van der Waals surface area contributed by atoms with Gasteiger partial charge in [0.1, 0.15) is 0 Å². The number of guanidine groups is 1. The average Bonchev–Trinajstić information content (AvgIpc) is 2.83. The zero-order valence-corrected chi connectivity index (χ0v) is 13.5. The van der Waals surface area contributed by atoms with E-state index in [1.807, 2.05) is 0 Å². The molecule has 0 saturated carbocycles. The summed E-state index contributed by atoms with van der Waals surface area (Å²) < 4.78 is 0. The first-order valence-corrected chi connectivity index (χ1v) is 7.72. The van der Waals surface area contributed by atoms with Gasteiger partial charge in [-0.15, -0.1) is 0 Å². The van der Waals surface area contributed by atoms with E-state index < -0.39 is 0 Å². The molecule has 21 heavy (non-hydrogen) atoms. The molecule has 114 valence electrons. The zero-order valence-electron chi connectivity index (χ0n) is 13.5. The summed E-state index contributed by atoms with van der Waals surface area (Å²) in [5.74, 6) is 0.892. The van der Waals surface area contributed by atoms with Crippen LogP contribution in [0.2, 0.25) is 0 Å². The summed E-state index contributed by atoms with van der Waals surface area (Å²) in [5.41, 5.74) is 3.86. The molecule has 1 heterocycles. The Morgan fingerprint density at radius 2 is 2.14 bits per heavy atom. The number of nitrogens with one attached hydrogen (secondary N) is 3. The molecule has 0 aliphatic heterocycles. The molecule has 0 fully saturated rings. The van der Waals surface area contributed by atoms with Crippen LogP contribution < -0.4 is 10.6 Å². The highest BCUT2D eigenvalue weighted by Crippen LogP contribution is 2.21. The van der Waals surface area contributed by atoms with E-state index in [2.05, 4.69) is 72.7 Å². The van der Waals surface area contributed by atoms with Gasteiger partial charge >= 0.3 is 0 Å². The second kappa shape index (κ2) is 7.16. The van der Waals surface area contributed by atoms with Crippen molar-refractivity contribution in [1.82, 2.24) is 15.6 Å². The van der Waals surface area contributed by atoms with Gasteiger partial charge < -0.3 is 15.6 Å². The van der Waals surface area contributed by atoms with Crippen LogP contribution in [0.25, 0.3) is 10.9 Å². The highest BCUT2D eigenvalue weighted by atomic mass is 15.2. The Bertz CT molecular complexity index is 610. The van der Waals surface area contributed by atoms with E-state index in [-0.39, 0.29) is 0 Å². The van der Waals surface area contributed by atoms with Crippen molar-refractivity contribution < 1.29 is 0 Å². The first-order chi connectivity index (χ1) is 10.1. The molecule has 0 saturated heterocycles. The van der Waals surface area contributed by atoms with E-state index in [1.165, 1.54) is 22.0 Å². The minimum absolute atomic E-state index is 0.388. The van der Waals surface area contributed by atoms with Gasteiger partial charge in [-0.1, -0.05) is 18.2 Å². The molecule has 0 aliphatic rings. The number of aryl methyl sites for hydroxylation is 1. The first-order valence-electron chi connectivity index (χ1n) is 7.72. The lowest BCUT2D eigenvalue weighted by Crippen LogP contribution is -2.41. The highest BCUT2D eigenvalue weighted by molar-refractivity contribution is 5.86. The van der Waals surface area contributed by atoms with E-state index in [0.29, 0.717) is 6.04 Å². The van der Waals surface area contributed by atoms with E-state index >= 15 is 0 Å². The van der Waals surface area contributed by atoms with Gasteiger partial charge in [0.25, 0.3) is 0 Å². The van der Waals surface area contributed by atoms with Crippen LogP contribution in [0.4, 0.5) is 0 Å². The lowest BCUT2D eigenvalue weighted by atomic mass is 10.1. The number of fused-ring (bicyclic) bond motifs is 1. The number of para-hydroxylation sites is 1. The Morgan fingerprint density at radius 3 is 2.86 bits per heavy atom. The molecule has 0 radical (unpaired) electrons. The van der Waals surface area contributed by atoms with Crippen molar-refractivity contribution in [1.29, 1.82) is 0 Å². The smallest absolute Gasteiger partial charge is 0.191 e. The van der Waals surface area contributed by atoms with Gasteiger partial charge in [-0.3, -0.25) is 4.99 Å². The predicted octanol–water partition coefficient (Wildman–Crippen LogP) is 2.98. The van der Waals surface area contributed by atoms with Crippen molar-refractivity contribution >= 4 is 16.9 Å². The quantitative estimate of drug-likeness (QED) is 0.584. The van der Waals surface area contributed by atoms with Crippen LogP contribution in [0.15, 0.2) is 29.4 Å². The summed E-state index contributed by atoms with van der Waals surface area (Å²) in [6.45, 7) is 10.1. The number of hydrogen-bond acceptors (Lipinski definition) is 1. The normalized spacial score (nSPS) is 12.1. The second-order valence-electron chi connectivity index (χ2n) is 5.62. The minimum Gasteiger partial charge on any atom is -0.361 e. The topological polar surface area (TPSA) is 52.2 Å². The standard InChI is InChI=1S/C17H26N4/c1-5-18-17(21-12(2)3)19-10-9-14-11-20-16-13(4)7-6-8-15(14)16/h6-8,11-12,20H,5,9-10H2,1-4H3,(H2,18,19,21). The van der Waals surface area contributed by atoms with E-state index in [0.717, 1.165) is 25.5 Å². The largest absolute Gasteiger partial charge is 0.361 e. The lowest BCUT2D eigenvalue weighted by molar-refractivity contribution is 0.700. The SMILES string of the molecule is CCNC(=NCCc1c[nH]c2c(C)cccc12)NC(C)C. The Kier molecular flexibility index (Phi) is 5.26. The molecule has 0 bridgehead atoms. The van der Waals surface area contributed by atoms with Gasteiger partial charge in [0, 0.05) is 36.2 Å². The Balaban J connectivity index is 2.05. The van der Waals surface area contributed by atoms with Gasteiger partial charge in [-0.25, -0.2) is 0 Å². The van der Waals surface area contributed by atoms with E-state index in [9.17, 15) is 0 Å². The number of benzene rings is 1. The summed E-state index contributed by atoms with van der Waals surface area (Å²) in [6, 6.07) is 6.81. The number of aromatic nitrogens is 1. The van der Waals surface area contributed by atoms with E-state index in [1.54, 1.807) is 0 Å².